The molecular formula is C20H18ClFN2O2. The van der Waals surface area contributed by atoms with E-state index in [2.05, 4.69) is 10.5 Å². The molecule has 0 unspecified atom stereocenters. The highest BCUT2D eigenvalue weighted by Crippen LogP contribution is 2.20. The summed E-state index contributed by atoms with van der Waals surface area (Å²) in [6, 6.07) is 15.0. The van der Waals surface area contributed by atoms with Gasteiger partial charge in [0.25, 0.3) is 5.91 Å². The molecule has 0 bridgehead atoms. The molecule has 0 spiro atoms. The van der Waals surface area contributed by atoms with Gasteiger partial charge in [-0.3, -0.25) is 4.79 Å². The van der Waals surface area contributed by atoms with Crippen LogP contribution in [0.2, 0.25) is 5.02 Å². The fourth-order valence-electron chi connectivity index (χ4n) is 2.58. The van der Waals surface area contributed by atoms with Crippen molar-refractivity contribution < 1.29 is 13.7 Å². The van der Waals surface area contributed by atoms with Crippen LogP contribution in [-0.4, -0.2) is 17.1 Å². The average molecular weight is 373 g/mol. The summed E-state index contributed by atoms with van der Waals surface area (Å²) >= 11 is 6.15. The van der Waals surface area contributed by atoms with Gasteiger partial charge in [0.15, 0.2) is 0 Å². The van der Waals surface area contributed by atoms with E-state index in [0.717, 1.165) is 23.4 Å². The Hall–Kier alpha value is -2.66. The molecule has 1 N–H and O–H groups in total. The lowest BCUT2D eigenvalue weighted by Gasteiger charge is -2.13. The Labute approximate surface area is 156 Å². The number of hydrogen-bond acceptors (Lipinski definition) is 3. The third-order valence-corrected chi connectivity index (χ3v) is 4.42. The van der Waals surface area contributed by atoms with Gasteiger partial charge in [0.2, 0.25) is 5.76 Å². The summed E-state index contributed by atoms with van der Waals surface area (Å²) < 4.78 is 18.1. The van der Waals surface area contributed by atoms with Crippen LogP contribution in [0, 0.1) is 5.82 Å². The monoisotopic (exact) mass is 372 g/mol. The minimum atomic E-state index is -0.336. The number of halogens is 2. The van der Waals surface area contributed by atoms with Crippen LogP contribution >= 0.6 is 11.6 Å². The summed E-state index contributed by atoms with van der Waals surface area (Å²) in [6.07, 6.45) is 1.51. The zero-order chi connectivity index (χ0) is 18.5. The molecule has 2 aromatic carbocycles. The van der Waals surface area contributed by atoms with Crippen LogP contribution in [0.4, 0.5) is 4.39 Å². The molecule has 3 rings (SSSR count). The summed E-state index contributed by atoms with van der Waals surface area (Å²) in [5.74, 6) is -0.547. The minimum absolute atomic E-state index is 0.0573. The Bertz CT molecular complexity index is 893. The number of carbonyl (C=O) groups excluding carboxylic acids is 1. The van der Waals surface area contributed by atoms with E-state index in [0.29, 0.717) is 11.3 Å². The van der Waals surface area contributed by atoms with Crippen molar-refractivity contribution in [2.75, 3.05) is 0 Å². The maximum atomic E-state index is 13.0. The van der Waals surface area contributed by atoms with Crippen molar-refractivity contribution in [1.82, 2.24) is 10.5 Å². The molecule has 0 saturated heterocycles. The summed E-state index contributed by atoms with van der Waals surface area (Å²) in [5, 5.41) is 7.48. The van der Waals surface area contributed by atoms with Gasteiger partial charge < -0.3 is 9.84 Å². The molecule has 26 heavy (non-hydrogen) atoms. The molecule has 0 fully saturated rings. The van der Waals surface area contributed by atoms with E-state index in [4.69, 9.17) is 16.1 Å². The first-order valence-electron chi connectivity index (χ1n) is 8.30. The molecule has 0 aliphatic carbocycles. The van der Waals surface area contributed by atoms with Crippen LogP contribution in [0.25, 0.3) is 11.3 Å². The fraction of sp³-hybridized carbons (Fsp3) is 0.200. The third kappa shape index (κ3) is 4.49. The molecule has 6 heteroatoms. The molecular weight excluding hydrogens is 355 g/mol. The largest absolute Gasteiger partial charge is 0.350 e. The van der Waals surface area contributed by atoms with Crippen LogP contribution in [0.5, 0.6) is 0 Å². The van der Waals surface area contributed by atoms with Gasteiger partial charge in [-0.15, -0.1) is 0 Å². The van der Waals surface area contributed by atoms with Gasteiger partial charge in [0.1, 0.15) is 11.5 Å². The van der Waals surface area contributed by atoms with E-state index in [9.17, 15) is 9.18 Å². The molecule has 134 valence electrons. The Morgan fingerprint density at radius 2 is 1.96 bits per heavy atom. The van der Waals surface area contributed by atoms with Crippen LogP contribution in [-0.2, 0) is 6.42 Å². The smallest absolute Gasteiger partial charge is 0.290 e. The predicted octanol–water partition coefficient (Wildman–Crippen LogP) is 4.89. The van der Waals surface area contributed by atoms with Gasteiger partial charge in [0.05, 0.1) is 0 Å². The second kappa shape index (κ2) is 8.15. The zero-order valence-electron chi connectivity index (χ0n) is 14.2. The van der Waals surface area contributed by atoms with E-state index in [-0.39, 0.29) is 23.5 Å². The molecule has 1 atom stereocenters. The van der Waals surface area contributed by atoms with E-state index in [1.165, 1.54) is 12.1 Å². The SMILES string of the molecule is C[C@H](CCc1ccccc1Cl)NC(=O)c1cc(-c2ccc(F)cc2)no1. The Kier molecular flexibility index (Phi) is 5.68. The normalized spacial score (nSPS) is 12.0. The van der Waals surface area contributed by atoms with Crippen LogP contribution in [0.1, 0.15) is 29.5 Å². The standard InChI is InChI=1S/C20H18ClFN2O2/c1-13(6-7-14-4-2-3-5-17(14)21)23-20(25)19-12-18(24-26-19)15-8-10-16(22)11-9-15/h2-5,8-13H,6-7H2,1H3,(H,23,25)/t13-/m1/s1. The van der Waals surface area contributed by atoms with E-state index < -0.39 is 0 Å². The summed E-state index contributed by atoms with van der Waals surface area (Å²) in [7, 11) is 0. The highest BCUT2D eigenvalue weighted by Gasteiger charge is 2.16. The number of rotatable bonds is 6. The van der Waals surface area contributed by atoms with Crippen LogP contribution < -0.4 is 5.32 Å². The van der Waals surface area contributed by atoms with Crippen molar-refractivity contribution in [3.05, 3.63) is 76.8 Å². The summed E-state index contributed by atoms with van der Waals surface area (Å²) in [6.45, 7) is 1.92. The number of benzene rings is 2. The lowest BCUT2D eigenvalue weighted by Crippen LogP contribution is -2.32. The van der Waals surface area contributed by atoms with Gasteiger partial charge >= 0.3 is 0 Å². The van der Waals surface area contributed by atoms with Crippen molar-refractivity contribution in [1.29, 1.82) is 0 Å². The minimum Gasteiger partial charge on any atom is -0.350 e. The van der Waals surface area contributed by atoms with Gasteiger partial charge in [-0.05, 0) is 55.7 Å². The Balaban J connectivity index is 1.58. The number of hydrogen-bond donors (Lipinski definition) is 1. The molecule has 4 nitrogen and oxygen atoms in total. The van der Waals surface area contributed by atoms with Gasteiger partial charge in [-0.2, -0.15) is 0 Å². The number of aromatic nitrogens is 1. The lowest BCUT2D eigenvalue weighted by molar-refractivity contribution is 0.0901. The average Bonchev–Trinajstić information content (AvgIpc) is 3.12. The molecule has 1 heterocycles. The summed E-state index contributed by atoms with van der Waals surface area (Å²) in [4.78, 5) is 12.3. The molecule has 3 aromatic rings. The molecule has 0 radical (unpaired) electrons. The van der Waals surface area contributed by atoms with Crippen molar-refractivity contribution >= 4 is 17.5 Å². The first kappa shape index (κ1) is 18.1. The first-order chi connectivity index (χ1) is 12.5. The second-order valence-corrected chi connectivity index (χ2v) is 6.50. The number of nitrogens with one attached hydrogen (secondary N) is 1. The van der Waals surface area contributed by atoms with Gasteiger partial charge in [0, 0.05) is 22.7 Å². The van der Waals surface area contributed by atoms with Crippen LogP contribution in [0.3, 0.4) is 0 Å². The maximum Gasteiger partial charge on any atom is 0.290 e. The number of carbonyl (C=O) groups is 1. The highest BCUT2D eigenvalue weighted by molar-refractivity contribution is 6.31. The molecule has 0 aliphatic heterocycles. The topological polar surface area (TPSA) is 55.1 Å². The Morgan fingerprint density at radius 3 is 2.69 bits per heavy atom. The zero-order valence-corrected chi connectivity index (χ0v) is 15.0. The number of amides is 1. The summed E-state index contributed by atoms with van der Waals surface area (Å²) in [5.41, 5.74) is 2.22. The molecule has 0 saturated carbocycles. The van der Waals surface area contributed by atoms with Crippen molar-refractivity contribution in [3.8, 4) is 11.3 Å². The van der Waals surface area contributed by atoms with Crippen molar-refractivity contribution in [2.45, 2.75) is 25.8 Å². The van der Waals surface area contributed by atoms with Crippen molar-refractivity contribution in [3.63, 3.8) is 0 Å². The molecule has 0 aliphatic rings. The van der Waals surface area contributed by atoms with Crippen molar-refractivity contribution in [2.24, 2.45) is 0 Å². The fourth-order valence-corrected chi connectivity index (χ4v) is 2.81. The highest BCUT2D eigenvalue weighted by atomic mass is 35.5. The Morgan fingerprint density at radius 1 is 1.23 bits per heavy atom. The molecule has 1 aromatic heterocycles. The maximum absolute atomic E-state index is 13.0. The number of nitrogens with zero attached hydrogens (tertiary/aromatic N) is 1. The first-order valence-corrected chi connectivity index (χ1v) is 8.67. The quantitative estimate of drug-likeness (QED) is 0.670. The van der Waals surface area contributed by atoms with E-state index in [1.807, 2.05) is 31.2 Å². The second-order valence-electron chi connectivity index (χ2n) is 6.09. The molecule has 1 amide bonds. The van der Waals surface area contributed by atoms with Gasteiger partial charge in [-0.25, -0.2) is 4.39 Å². The van der Waals surface area contributed by atoms with E-state index in [1.54, 1.807) is 18.2 Å². The van der Waals surface area contributed by atoms with Crippen LogP contribution in [0.15, 0.2) is 59.1 Å². The predicted molar refractivity (Wildman–Crippen MR) is 98.6 cm³/mol. The van der Waals surface area contributed by atoms with E-state index >= 15 is 0 Å². The third-order valence-electron chi connectivity index (χ3n) is 4.06. The lowest BCUT2D eigenvalue weighted by atomic mass is 10.1. The van der Waals surface area contributed by atoms with Gasteiger partial charge in [-0.1, -0.05) is 35.0 Å². The number of aryl methyl sites for hydroxylation is 1.